The van der Waals surface area contributed by atoms with Gasteiger partial charge in [0.15, 0.2) is 0 Å². The van der Waals surface area contributed by atoms with E-state index in [0.717, 1.165) is 42.7 Å². The maximum absolute atomic E-state index is 12.3. The van der Waals surface area contributed by atoms with E-state index < -0.39 is 0 Å². The van der Waals surface area contributed by atoms with Crippen LogP contribution in [0.5, 0.6) is 0 Å². The summed E-state index contributed by atoms with van der Waals surface area (Å²) in [5, 5.41) is 3.81. The van der Waals surface area contributed by atoms with Crippen LogP contribution in [0.25, 0.3) is 0 Å². The SMILES string of the molecule is NC(=O)C1CCC(CNC(=O)[C@H]2C[C@H]2c2cccc(Cl)c2)CC1. The van der Waals surface area contributed by atoms with E-state index in [0.29, 0.717) is 18.4 Å². The van der Waals surface area contributed by atoms with E-state index >= 15 is 0 Å². The van der Waals surface area contributed by atoms with Crippen LogP contribution in [0.3, 0.4) is 0 Å². The Labute approximate surface area is 141 Å². The van der Waals surface area contributed by atoms with Crippen LogP contribution in [0.4, 0.5) is 0 Å². The first-order valence-corrected chi connectivity index (χ1v) is 8.75. The fourth-order valence-corrected chi connectivity index (χ4v) is 3.82. The topological polar surface area (TPSA) is 72.2 Å². The number of amides is 2. The number of carbonyl (C=O) groups excluding carboxylic acids is 2. The fourth-order valence-electron chi connectivity index (χ4n) is 3.62. The molecular formula is C18H23ClN2O2. The summed E-state index contributed by atoms with van der Waals surface area (Å²) in [6, 6.07) is 7.77. The Morgan fingerprint density at radius 1 is 1.22 bits per heavy atom. The molecule has 2 saturated carbocycles. The van der Waals surface area contributed by atoms with Crippen LogP contribution in [0, 0.1) is 17.8 Å². The third-order valence-corrected chi connectivity index (χ3v) is 5.45. The Morgan fingerprint density at radius 3 is 2.61 bits per heavy atom. The lowest BCUT2D eigenvalue weighted by molar-refractivity contribution is -0.124. The molecule has 2 fully saturated rings. The lowest BCUT2D eigenvalue weighted by Crippen LogP contribution is -2.34. The van der Waals surface area contributed by atoms with Crippen molar-refractivity contribution in [3.63, 3.8) is 0 Å². The van der Waals surface area contributed by atoms with Crippen LogP contribution < -0.4 is 11.1 Å². The molecule has 0 spiro atoms. The van der Waals surface area contributed by atoms with Crippen molar-refractivity contribution in [1.82, 2.24) is 5.32 Å². The van der Waals surface area contributed by atoms with Crippen molar-refractivity contribution in [1.29, 1.82) is 0 Å². The highest BCUT2D eigenvalue weighted by atomic mass is 35.5. The Morgan fingerprint density at radius 2 is 1.96 bits per heavy atom. The number of nitrogens with one attached hydrogen (secondary N) is 1. The van der Waals surface area contributed by atoms with Crippen molar-refractivity contribution < 1.29 is 9.59 Å². The molecule has 2 aliphatic carbocycles. The Balaban J connectivity index is 1.42. The highest BCUT2D eigenvalue weighted by Gasteiger charge is 2.44. The van der Waals surface area contributed by atoms with Crippen molar-refractivity contribution in [2.45, 2.75) is 38.0 Å². The quantitative estimate of drug-likeness (QED) is 0.869. The molecule has 0 bridgehead atoms. The van der Waals surface area contributed by atoms with E-state index in [1.165, 1.54) is 0 Å². The second kappa shape index (κ2) is 6.91. The van der Waals surface area contributed by atoms with Gasteiger partial charge in [0.1, 0.15) is 0 Å². The predicted molar refractivity (Wildman–Crippen MR) is 90.0 cm³/mol. The summed E-state index contributed by atoms with van der Waals surface area (Å²) in [6.07, 6.45) is 4.54. The number of rotatable bonds is 5. The van der Waals surface area contributed by atoms with Crippen LogP contribution in [-0.2, 0) is 9.59 Å². The zero-order chi connectivity index (χ0) is 16.4. The maximum Gasteiger partial charge on any atom is 0.223 e. The summed E-state index contributed by atoms with van der Waals surface area (Å²) in [6.45, 7) is 0.711. The molecule has 23 heavy (non-hydrogen) atoms. The number of halogens is 1. The first kappa shape index (κ1) is 16.3. The summed E-state index contributed by atoms with van der Waals surface area (Å²) >= 11 is 6.01. The maximum atomic E-state index is 12.3. The molecule has 5 heteroatoms. The van der Waals surface area contributed by atoms with Crippen LogP contribution in [0.2, 0.25) is 5.02 Å². The van der Waals surface area contributed by atoms with Crippen LogP contribution in [0.15, 0.2) is 24.3 Å². The normalized spacial score (nSPS) is 29.8. The number of primary amides is 1. The number of nitrogens with two attached hydrogens (primary N) is 1. The number of hydrogen-bond acceptors (Lipinski definition) is 2. The molecule has 4 nitrogen and oxygen atoms in total. The standard InChI is InChI=1S/C18H23ClN2O2/c19-14-3-1-2-13(8-14)15-9-16(15)18(23)21-10-11-4-6-12(7-5-11)17(20)22/h1-3,8,11-12,15-16H,4-7,9-10H2,(H2,20,22)(H,21,23)/t11?,12?,15-,16-/m0/s1. The van der Waals surface area contributed by atoms with Gasteiger partial charge in [-0.3, -0.25) is 9.59 Å². The van der Waals surface area contributed by atoms with Crippen molar-refractivity contribution >= 4 is 23.4 Å². The lowest BCUT2D eigenvalue weighted by atomic mass is 9.81. The molecule has 0 aliphatic heterocycles. The van der Waals surface area contributed by atoms with Gasteiger partial charge in [-0.2, -0.15) is 0 Å². The minimum atomic E-state index is -0.185. The van der Waals surface area contributed by atoms with Crippen molar-refractivity contribution in [2.24, 2.45) is 23.5 Å². The summed E-state index contributed by atoms with van der Waals surface area (Å²) in [5.74, 6) is 0.840. The molecule has 124 valence electrons. The Bertz CT molecular complexity index is 596. The molecular weight excluding hydrogens is 312 g/mol. The highest BCUT2D eigenvalue weighted by Crippen LogP contribution is 2.48. The first-order valence-electron chi connectivity index (χ1n) is 8.37. The number of benzene rings is 1. The fraction of sp³-hybridized carbons (Fsp3) is 0.556. The average Bonchev–Trinajstić information content (AvgIpc) is 3.34. The van der Waals surface area contributed by atoms with Gasteiger partial charge >= 0.3 is 0 Å². The van der Waals surface area contributed by atoms with Crippen molar-refractivity contribution in [3.05, 3.63) is 34.9 Å². The monoisotopic (exact) mass is 334 g/mol. The van der Waals surface area contributed by atoms with Crippen LogP contribution >= 0.6 is 11.6 Å². The van der Waals surface area contributed by atoms with Crippen molar-refractivity contribution in [3.8, 4) is 0 Å². The smallest absolute Gasteiger partial charge is 0.223 e. The van der Waals surface area contributed by atoms with Crippen LogP contribution in [-0.4, -0.2) is 18.4 Å². The number of carbonyl (C=O) groups is 2. The third kappa shape index (κ3) is 4.05. The van der Waals surface area contributed by atoms with E-state index in [-0.39, 0.29) is 23.7 Å². The Kier molecular flexibility index (Phi) is 4.90. The molecule has 0 aromatic heterocycles. The van der Waals surface area contributed by atoms with Gasteiger partial charge < -0.3 is 11.1 Å². The zero-order valence-corrected chi connectivity index (χ0v) is 13.9. The summed E-state index contributed by atoms with van der Waals surface area (Å²) in [7, 11) is 0. The predicted octanol–water partition coefficient (Wildman–Crippen LogP) is 2.85. The second-order valence-corrected chi connectivity index (χ2v) is 7.31. The van der Waals surface area contributed by atoms with Gasteiger partial charge in [0.05, 0.1) is 0 Å². The minimum Gasteiger partial charge on any atom is -0.369 e. The van der Waals surface area contributed by atoms with Gasteiger partial charge in [-0.1, -0.05) is 23.7 Å². The summed E-state index contributed by atoms with van der Waals surface area (Å²) < 4.78 is 0. The van der Waals surface area contributed by atoms with Crippen molar-refractivity contribution in [2.75, 3.05) is 6.54 Å². The minimum absolute atomic E-state index is 0.0255. The molecule has 3 N–H and O–H groups in total. The van der Waals surface area contributed by atoms with Gasteiger partial charge in [0, 0.05) is 23.4 Å². The molecule has 0 unspecified atom stereocenters. The molecule has 2 atom stereocenters. The zero-order valence-electron chi connectivity index (χ0n) is 13.1. The molecule has 0 saturated heterocycles. The summed E-state index contributed by atoms with van der Waals surface area (Å²) in [5.41, 5.74) is 6.50. The third-order valence-electron chi connectivity index (χ3n) is 5.22. The van der Waals surface area contributed by atoms with E-state index in [4.69, 9.17) is 17.3 Å². The molecule has 1 aromatic rings. The average molecular weight is 335 g/mol. The van der Waals surface area contributed by atoms with Gasteiger partial charge in [0.2, 0.25) is 11.8 Å². The molecule has 3 rings (SSSR count). The van der Waals surface area contributed by atoms with Crippen LogP contribution in [0.1, 0.15) is 43.6 Å². The van der Waals surface area contributed by atoms with E-state index in [1.54, 1.807) is 0 Å². The van der Waals surface area contributed by atoms with Gasteiger partial charge in [-0.15, -0.1) is 0 Å². The second-order valence-electron chi connectivity index (χ2n) is 6.87. The molecule has 2 aliphatic rings. The molecule has 2 amide bonds. The Hall–Kier alpha value is -1.55. The summed E-state index contributed by atoms with van der Waals surface area (Å²) in [4.78, 5) is 23.4. The molecule has 1 aromatic carbocycles. The van der Waals surface area contributed by atoms with E-state index in [1.807, 2.05) is 24.3 Å². The first-order chi connectivity index (χ1) is 11.0. The van der Waals surface area contributed by atoms with Gasteiger partial charge in [-0.25, -0.2) is 0 Å². The molecule has 0 radical (unpaired) electrons. The van der Waals surface area contributed by atoms with E-state index in [2.05, 4.69) is 5.32 Å². The number of hydrogen-bond donors (Lipinski definition) is 2. The highest BCUT2D eigenvalue weighted by molar-refractivity contribution is 6.30. The van der Waals surface area contributed by atoms with Gasteiger partial charge in [0.25, 0.3) is 0 Å². The lowest BCUT2D eigenvalue weighted by Gasteiger charge is -2.26. The largest absolute Gasteiger partial charge is 0.369 e. The van der Waals surface area contributed by atoms with E-state index in [9.17, 15) is 9.59 Å². The molecule has 0 heterocycles. The van der Waals surface area contributed by atoms with Gasteiger partial charge in [-0.05, 0) is 61.6 Å².